The first-order valence-electron chi connectivity index (χ1n) is 5.87. The summed E-state index contributed by atoms with van der Waals surface area (Å²) in [4.78, 5) is 0. The predicted octanol–water partition coefficient (Wildman–Crippen LogP) is 2.34. The van der Waals surface area contributed by atoms with E-state index < -0.39 is 0 Å². The summed E-state index contributed by atoms with van der Waals surface area (Å²) in [6.45, 7) is 3.30. The zero-order valence-corrected chi connectivity index (χ0v) is 9.42. The maximum atomic E-state index is 12.6. The van der Waals surface area contributed by atoms with E-state index in [9.17, 15) is 4.39 Å². The molecule has 1 N–H and O–H groups in total. The quantitative estimate of drug-likeness (QED) is 0.716. The Morgan fingerprint density at radius 2 is 2.00 bits per heavy atom. The maximum Gasteiger partial charge on any atom is 0.123 e. The molecule has 0 bridgehead atoms. The molecule has 1 fully saturated rings. The van der Waals surface area contributed by atoms with E-state index in [1.807, 2.05) is 0 Å². The van der Waals surface area contributed by atoms with E-state index in [0.29, 0.717) is 0 Å². The summed E-state index contributed by atoms with van der Waals surface area (Å²) in [6.07, 6.45) is 2.67. The summed E-state index contributed by atoms with van der Waals surface area (Å²) in [6, 6.07) is 6.57. The first kappa shape index (κ1) is 11.6. The average molecular weight is 223 g/mol. The van der Waals surface area contributed by atoms with Crippen LogP contribution in [0.1, 0.15) is 18.4 Å². The van der Waals surface area contributed by atoms with E-state index in [-0.39, 0.29) is 5.82 Å². The SMILES string of the molecule is Fc1ccc(CNCCOCC2CC2)cc1. The van der Waals surface area contributed by atoms with Crippen molar-refractivity contribution in [1.82, 2.24) is 5.32 Å². The lowest BCUT2D eigenvalue weighted by atomic mass is 10.2. The van der Waals surface area contributed by atoms with Crippen molar-refractivity contribution < 1.29 is 9.13 Å². The average Bonchev–Trinajstić information content (AvgIpc) is 3.10. The fraction of sp³-hybridized carbons (Fsp3) is 0.538. The van der Waals surface area contributed by atoms with Crippen LogP contribution < -0.4 is 5.32 Å². The second kappa shape index (κ2) is 5.97. The summed E-state index contributed by atoms with van der Waals surface area (Å²) in [7, 11) is 0. The third-order valence-corrected chi connectivity index (χ3v) is 2.72. The van der Waals surface area contributed by atoms with Crippen LogP contribution in [0.5, 0.6) is 0 Å². The molecule has 2 rings (SSSR count). The summed E-state index contributed by atoms with van der Waals surface area (Å²) in [5.74, 6) is 0.647. The molecule has 0 radical (unpaired) electrons. The number of nitrogens with one attached hydrogen (secondary N) is 1. The van der Waals surface area contributed by atoms with Gasteiger partial charge in [0.1, 0.15) is 5.82 Å². The largest absolute Gasteiger partial charge is 0.380 e. The van der Waals surface area contributed by atoms with Crippen LogP contribution in [0.25, 0.3) is 0 Å². The molecule has 3 heteroatoms. The van der Waals surface area contributed by atoms with Gasteiger partial charge in [-0.3, -0.25) is 0 Å². The highest BCUT2D eigenvalue weighted by atomic mass is 19.1. The van der Waals surface area contributed by atoms with Gasteiger partial charge in [0.2, 0.25) is 0 Å². The molecule has 0 aliphatic heterocycles. The normalized spacial score (nSPS) is 15.3. The Balaban J connectivity index is 1.51. The maximum absolute atomic E-state index is 12.6. The number of hydrogen-bond donors (Lipinski definition) is 1. The molecule has 0 amide bonds. The molecular weight excluding hydrogens is 205 g/mol. The van der Waals surface area contributed by atoms with Gasteiger partial charge < -0.3 is 10.1 Å². The number of rotatable bonds is 7. The number of ether oxygens (including phenoxy) is 1. The van der Waals surface area contributed by atoms with Crippen molar-refractivity contribution in [2.75, 3.05) is 19.8 Å². The summed E-state index contributed by atoms with van der Waals surface area (Å²) in [5.41, 5.74) is 1.10. The number of hydrogen-bond acceptors (Lipinski definition) is 2. The lowest BCUT2D eigenvalue weighted by Gasteiger charge is -2.05. The molecule has 16 heavy (non-hydrogen) atoms. The highest BCUT2D eigenvalue weighted by molar-refractivity contribution is 5.15. The summed E-state index contributed by atoms with van der Waals surface area (Å²) < 4.78 is 18.1. The van der Waals surface area contributed by atoms with E-state index >= 15 is 0 Å². The van der Waals surface area contributed by atoms with E-state index in [2.05, 4.69) is 5.32 Å². The zero-order valence-electron chi connectivity index (χ0n) is 9.42. The van der Waals surface area contributed by atoms with Gasteiger partial charge in [-0.25, -0.2) is 4.39 Å². The smallest absolute Gasteiger partial charge is 0.123 e. The van der Waals surface area contributed by atoms with Gasteiger partial charge in [-0.2, -0.15) is 0 Å². The van der Waals surface area contributed by atoms with E-state index in [1.54, 1.807) is 12.1 Å². The molecule has 0 atom stereocenters. The van der Waals surface area contributed by atoms with Crippen LogP contribution in [0.2, 0.25) is 0 Å². The van der Waals surface area contributed by atoms with Crippen LogP contribution in [0.3, 0.4) is 0 Å². The molecular formula is C13H18FNO. The van der Waals surface area contributed by atoms with Crippen LogP contribution in [0.4, 0.5) is 4.39 Å². The summed E-state index contributed by atoms with van der Waals surface area (Å²) >= 11 is 0. The Morgan fingerprint density at radius 1 is 1.25 bits per heavy atom. The Hall–Kier alpha value is -0.930. The highest BCUT2D eigenvalue weighted by Gasteiger charge is 2.20. The van der Waals surface area contributed by atoms with E-state index in [4.69, 9.17) is 4.74 Å². The minimum Gasteiger partial charge on any atom is -0.380 e. The van der Waals surface area contributed by atoms with E-state index in [1.165, 1.54) is 25.0 Å². The second-order valence-corrected chi connectivity index (χ2v) is 4.32. The molecule has 0 heterocycles. The minimum atomic E-state index is -0.184. The van der Waals surface area contributed by atoms with Gasteiger partial charge >= 0.3 is 0 Å². The fourth-order valence-corrected chi connectivity index (χ4v) is 1.51. The van der Waals surface area contributed by atoms with Gasteiger partial charge in [-0.15, -0.1) is 0 Å². The van der Waals surface area contributed by atoms with Gasteiger partial charge in [-0.05, 0) is 36.5 Å². The van der Waals surface area contributed by atoms with Crippen LogP contribution in [-0.4, -0.2) is 19.8 Å². The van der Waals surface area contributed by atoms with Crippen molar-refractivity contribution >= 4 is 0 Å². The van der Waals surface area contributed by atoms with E-state index in [0.717, 1.165) is 37.8 Å². The first-order chi connectivity index (χ1) is 7.84. The third-order valence-electron chi connectivity index (χ3n) is 2.72. The molecule has 1 saturated carbocycles. The fourth-order valence-electron chi connectivity index (χ4n) is 1.51. The molecule has 0 aromatic heterocycles. The molecule has 0 unspecified atom stereocenters. The molecule has 1 aliphatic carbocycles. The van der Waals surface area contributed by atoms with Crippen molar-refractivity contribution in [3.63, 3.8) is 0 Å². The van der Waals surface area contributed by atoms with Crippen LogP contribution in [-0.2, 0) is 11.3 Å². The van der Waals surface area contributed by atoms with Gasteiger partial charge in [0.25, 0.3) is 0 Å². The van der Waals surface area contributed by atoms with Crippen molar-refractivity contribution in [3.8, 4) is 0 Å². The molecule has 2 nitrogen and oxygen atoms in total. The lowest BCUT2D eigenvalue weighted by Crippen LogP contribution is -2.19. The first-order valence-corrected chi connectivity index (χ1v) is 5.87. The van der Waals surface area contributed by atoms with Crippen LogP contribution >= 0.6 is 0 Å². The van der Waals surface area contributed by atoms with Gasteiger partial charge in [-0.1, -0.05) is 12.1 Å². The summed E-state index contributed by atoms with van der Waals surface area (Å²) in [5, 5.41) is 3.27. The van der Waals surface area contributed by atoms with Gasteiger partial charge in [0, 0.05) is 19.7 Å². The van der Waals surface area contributed by atoms with Crippen molar-refractivity contribution in [2.45, 2.75) is 19.4 Å². The van der Waals surface area contributed by atoms with Gasteiger partial charge in [0.05, 0.1) is 6.61 Å². The third kappa shape index (κ3) is 4.29. The molecule has 1 aliphatic rings. The van der Waals surface area contributed by atoms with Gasteiger partial charge in [0.15, 0.2) is 0 Å². The molecule has 1 aromatic rings. The van der Waals surface area contributed by atoms with Crippen molar-refractivity contribution in [1.29, 1.82) is 0 Å². The molecule has 88 valence electrons. The Kier molecular flexibility index (Phi) is 4.31. The monoisotopic (exact) mass is 223 g/mol. The Labute approximate surface area is 95.8 Å². The Bertz CT molecular complexity index is 308. The lowest BCUT2D eigenvalue weighted by molar-refractivity contribution is 0.126. The molecule has 0 spiro atoms. The molecule has 1 aromatic carbocycles. The molecule has 0 saturated heterocycles. The number of halogens is 1. The minimum absolute atomic E-state index is 0.184. The second-order valence-electron chi connectivity index (χ2n) is 4.32. The van der Waals surface area contributed by atoms with Crippen LogP contribution in [0, 0.1) is 11.7 Å². The van der Waals surface area contributed by atoms with Crippen molar-refractivity contribution in [3.05, 3.63) is 35.6 Å². The number of benzene rings is 1. The topological polar surface area (TPSA) is 21.3 Å². The van der Waals surface area contributed by atoms with Crippen molar-refractivity contribution in [2.24, 2.45) is 5.92 Å². The van der Waals surface area contributed by atoms with Crippen LogP contribution in [0.15, 0.2) is 24.3 Å². The zero-order chi connectivity index (χ0) is 11.2. The predicted molar refractivity (Wildman–Crippen MR) is 61.6 cm³/mol. The highest BCUT2D eigenvalue weighted by Crippen LogP contribution is 2.28. The standard InChI is InChI=1S/C13H18FNO/c14-13-5-3-11(4-6-13)9-15-7-8-16-10-12-1-2-12/h3-6,12,15H,1-2,7-10H2. The Morgan fingerprint density at radius 3 is 2.69 bits per heavy atom.